The number of nitro groups is 1. The summed E-state index contributed by atoms with van der Waals surface area (Å²) in [6.45, 7) is 3.80. The molecule has 0 aliphatic heterocycles. The predicted octanol–water partition coefficient (Wildman–Crippen LogP) is 5.06. The van der Waals surface area contributed by atoms with Crippen molar-refractivity contribution < 1.29 is 14.5 Å². The Labute approximate surface area is 208 Å². The average Bonchev–Trinajstić information content (AvgIpc) is 3.29. The van der Waals surface area contributed by atoms with Gasteiger partial charge in [-0.25, -0.2) is 0 Å². The molecule has 2 N–H and O–H groups in total. The normalized spacial score (nSPS) is 12.8. The van der Waals surface area contributed by atoms with E-state index < -0.39 is 16.9 Å². The molecule has 2 aromatic carbocycles. The topological polar surface area (TPSA) is 127 Å². The summed E-state index contributed by atoms with van der Waals surface area (Å²) in [5.41, 5.74) is 1.47. The molecule has 176 valence electrons. The van der Waals surface area contributed by atoms with Crippen LogP contribution in [0.15, 0.2) is 59.1 Å². The number of anilines is 1. The number of carbonyl (C=O) groups excluding carboxylic acids is 2. The second kappa shape index (κ2) is 11.6. The minimum Gasteiger partial charge on any atom is -0.340 e. The van der Waals surface area contributed by atoms with Crippen LogP contribution in [0.25, 0.3) is 16.6 Å². The number of aromatic nitrogens is 2. The third-order valence-corrected chi connectivity index (χ3v) is 6.49. The summed E-state index contributed by atoms with van der Waals surface area (Å²) >= 11 is 4.63. The number of benzene rings is 2. The van der Waals surface area contributed by atoms with E-state index in [1.54, 1.807) is 12.1 Å². The van der Waals surface area contributed by atoms with E-state index in [4.69, 9.17) is 0 Å². The summed E-state index contributed by atoms with van der Waals surface area (Å²) < 4.78 is 0.948. The van der Waals surface area contributed by atoms with Crippen LogP contribution in [0.3, 0.4) is 0 Å². The van der Waals surface area contributed by atoms with Gasteiger partial charge in [0.1, 0.15) is 11.0 Å². The molecule has 2 unspecified atom stereocenters. The Morgan fingerprint density at radius 3 is 2.44 bits per heavy atom. The van der Waals surface area contributed by atoms with Gasteiger partial charge in [0.25, 0.3) is 5.69 Å². The molecule has 9 nitrogen and oxygen atoms in total. The van der Waals surface area contributed by atoms with Crippen LogP contribution < -0.4 is 10.6 Å². The van der Waals surface area contributed by atoms with Crippen molar-refractivity contribution in [2.24, 2.45) is 5.92 Å². The first-order chi connectivity index (χ1) is 16.3. The quantitative estimate of drug-likeness (QED) is 0.220. The van der Waals surface area contributed by atoms with Gasteiger partial charge in [-0.1, -0.05) is 59.7 Å². The first-order valence-corrected chi connectivity index (χ1v) is 12.0. The summed E-state index contributed by atoms with van der Waals surface area (Å²) in [5.74, 6) is -0.966. The number of nitrogens with zero attached hydrogens (tertiary/aromatic N) is 3. The number of hydrogen-bond acceptors (Lipinski definition) is 7. The highest BCUT2D eigenvalue weighted by atomic mass is 79.9. The zero-order valence-electron chi connectivity index (χ0n) is 18.4. The van der Waals surface area contributed by atoms with E-state index in [2.05, 4.69) is 36.8 Å². The number of carbonyl (C=O) groups is 2. The van der Waals surface area contributed by atoms with Gasteiger partial charge in [-0.15, -0.1) is 10.2 Å². The van der Waals surface area contributed by atoms with Crippen LogP contribution in [-0.2, 0) is 9.59 Å². The molecule has 2 amide bonds. The minimum atomic E-state index is -0.779. The number of non-ortho nitro benzene ring substituents is 1. The van der Waals surface area contributed by atoms with Gasteiger partial charge in [0, 0.05) is 28.2 Å². The second-order valence-corrected chi connectivity index (χ2v) is 9.36. The van der Waals surface area contributed by atoms with E-state index in [0.29, 0.717) is 22.1 Å². The molecule has 0 aliphatic rings. The average molecular weight is 544 g/mol. The van der Waals surface area contributed by atoms with E-state index in [1.807, 2.05) is 38.1 Å². The molecule has 1 heterocycles. The molecule has 0 aliphatic carbocycles. The molecular weight excluding hydrogens is 522 g/mol. The largest absolute Gasteiger partial charge is 0.340 e. The van der Waals surface area contributed by atoms with Gasteiger partial charge in [-0.2, -0.15) is 0 Å². The number of halogens is 1. The molecular formula is C23H22BrN5O4S. The lowest BCUT2D eigenvalue weighted by Crippen LogP contribution is -2.47. The SMILES string of the molecule is CCC(C)C(NC(=O)/C=C/c1ccc([N+](=O)[O-])cc1)C(=O)Nc1nnc(-c2ccc(Br)cc2)s1. The first kappa shape index (κ1) is 25.2. The summed E-state index contributed by atoms with van der Waals surface area (Å²) in [7, 11) is 0. The first-order valence-electron chi connectivity index (χ1n) is 10.4. The van der Waals surface area contributed by atoms with Gasteiger partial charge in [0.15, 0.2) is 0 Å². The third kappa shape index (κ3) is 6.78. The lowest BCUT2D eigenvalue weighted by Gasteiger charge is -2.22. The fourth-order valence-corrected chi connectivity index (χ4v) is 3.96. The minimum absolute atomic E-state index is 0.0323. The Bertz CT molecular complexity index is 1190. The van der Waals surface area contributed by atoms with Crippen molar-refractivity contribution in [3.05, 3.63) is 74.8 Å². The van der Waals surface area contributed by atoms with Crippen LogP contribution in [0.4, 0.5) is 10.8 Å². The van der Waals surface area contributed by atoms with Crippen LogP contribution in [0, 0.1) is 16.0 Å². The fourth-order valence-electron chi connectivity index (χ4n) is 2.95. The molecule has 0 saturated heterocycles. The molecule has 0 saturated carbocycles. The van der Waals surface area contributed by atoms with Crippen molar-refractivity contribution in [3.8, 4) is 10.6 Å². The van der Waals surface area contributed by atoms with Gasteiger partial charge >= 0.3 is 0 Å². The van der Waals surface area contributed by atoms with Crippen molar-refractivity contribution in [1.82, 2.24) is 15.5 Å². The standard InChI is InChI=1S/C23H22BrN5O4S/c1-3-14(2)20(25-19(30)13-6-15-4-11-18(12-5-15)29(32)33)21(31)26-23-28-27-22(34-23)16-7-9-17(24)10-8-16/h4-14,20H,3H2,1-2H3,(H,25,30)(H,26,28,31)/b13-6+. The monoisotopic (exact) mass is 543 g/mol. The van der Waals surface area contributed by atoms with Crippen molar-refractivity contribution in [2.75, 3.05) is 5.32 Å². The highest BCUT2D eigenvalue weighted by molar-refractivity contribution is 9.10. The van der Waals surface area contributed by atoms with Gasteiger partial charge in [0.2, 0.25) is 16.9 Å². The molecule has 34 heavy (non-hydrogen) atoms. The second-order valence-electron chi connectivity index (χ2n) is 7.46. The van der Waals surface area contributed by atoms with Crippen molar-refractivity contribution in [1.29, 1.82) is 0 Å². The zero-order valence-corrected chi connectivity index (χ0v) is 20.8. The van der Waals surface area contributed by atoms with Crippen LogP contribution in [0.5, 0.6) is 0 Å². The van der Waals surface area contributed by atoms with Crippen molar-refractivity contribution in [3.63, 3.8) is 0 Å². The van der Waals surface area contributed by atoms with Crippen LogP contribution in [-0.4, -0.2) is 33.0 Å². The molecule has 0 bridgehead atoms. The Hall–Kier alpha value is -3.44. The summed E-state index contributed by atoms with van der Waals surface area (Å²) in [4.78, 5) is 35.7. The molecule has 11 heteroatoms. The van der Waals surface area contributed by atoms with E-state index in [9.17, 15) is 19.7 Å². The van der Waals surface area contributed by atoms with Crippen molar-refractivity contribution >= 4 is 56.0 Å². The Kier molecular flexibility index (Phi) is 8.61. The van der Waals surface area contributed by atoms with Crippen molar-refractivity contribution in [2.45, 2.75) is 26.3 Å². The van der Waals surface area contributed by atoms with Crippen LogP contribution in [0.2, 0.25) is 0 Å². The lowest BCUT2D eigenvalue weighted by atomic mass is 9.98. The van der Waals surface area contributed by atoms with Crippen LogP contribution in [0.1, 0.15) is 25.8 Å². The maximum absolute atomic E-state index is 12.9. The Morgan fingerprint density at radius 2 is 1.82 bits per heavy atom. The molecule has 0 spiro atoms. The fraction of sp³-hybridized carbons (Fsp3) is 0.217. The van der Waals surface area contributed by atoms with E-state index in [-0.39, 0.29) is 17.5 Å². The third-order valence-electron chi connectivity index (χ3n) is 5.07. The number of hydrogen-bond donors (Lipinski definition) is 2. The van der Waals surface area contributed by atoms with Gasteiger partial charge in [-0.3, -0.25) is 25.0 Å². The lowest BCUT2D eigenvalue weighted by molar-refractivity contribution is -0.384. The zero-order chi connectivity index (χ0) is 24.7. The van der Waals surface area contributed by atoms with Gasteiger partial charge < -0.3 is 5.32 Å². The predicted molar refractivity (Wildman–Crippen MR) is 135 cm³/mol. The summed E-state index contributed by atoms with van der Waals surface area (Å²) in [6.07, 6.45) is 3.49. The van der Waals surface area contributed by atoms with Gasteiger partial charge in [0.05, 0.1) is 4.92 Å². The molecule has 0 fully saturated rings. The van der Waals surface area contributed by atoms with E-state index in [1.165, 1.54) is 35.6 Å². The number of nitrogens with one attached hydrogen (secondary N) is 2. The number of nitro benzene ring substituents is 1. The van der Waals surface area contributed by atoms with E-state index in [0.717, 1.165) is 10.0 Å². The summed E-state index contributed by atoms with van der Waals surface area (Å²) in [6, 6.07) is 12.6. The molecule has 1 aromatic heterocycles. The maximum atomic E-state index is 12.9. The Balaban J connectivity index is 1.65. The van der Waals surface area contributed by atoms with Gasteiger partial charge in [-0.05, 0) is 41.8 Å². The summed E-state index contributed by atoms with van der Waals surface area (Å²) in [5, 5.41) is 25.4. The molecule has 3 rings (SSSR count). The number of rotatable bonds is 9. The Morgan fingerprint density at radius 1 is 1.15 bits per heavy atom. The molecule has 0 radical (unpaired) electrons. The highest BCUT2D eigenvalue weighted by Gasteiger charge is 2.26. The molecule has 3 aromatic rings. The highest BCUT2D eigenvalue weighted by Crippen LogP contribution is 2.27. The maximum Gasteiger partial charge on any atom is 0.269 e. The number of amides is 2. The van der Waals surface area contributed by atoms with Crippen LogP contribution >= 0.6 is 27.3 Å². The smallest absolute Gasteiger partial charge is 0.269 e. The van der Waals surface area contributed by atoms with E-state index >= 15 is 0 Å². The molecule has 2 atom stereocenters.